The van der Waals surface area contributed by atoms with Gasteiger partial charge in [0.1, 0.15) is 0 Å². The van der Waals surface area contributed by atoms with Crippen LogP contribution in [0.3, 0.4) is 0 Å². The lowest BCUT2D eigenvalue weighted by Gasteiger charge is -2.26. The first kappa shape index (κ1) is 18.4. The van der Waals surface area contributed by atoms with E-state index >= 15 is 0 Å². The third-order valence-corrected chi connectivity index (χ3v) is 4.88. The van der Waals surface area contributed by atoms with Gasteiger partial charge in [-0.1, -0.05) is 6.07 Å². The van der Waals surface area contributed by atoms with E-state index in [9.17, 15) is 8.78 Å². The van der Waals surface area contributed by atoms with Gasteiger partial charge in [-0.2, -0.15) is 0 Å². The monoisotopic (exact) mass is 325 g/mol. The molecule has 1 fully saturated rings. The molecule has 23 heavy (non-hydrogen) atoms. The highest BCUT2D eigenvalue weighted by Gasteiger charge is 2.40. The van der Waals surface area contributed by atoms with Crippen LogP contribution in [0.4, 0.5) is 8.78 Å². The van der Waals surface area contributed by atoms with Crippen molar-refractivity contribution in [3.63, 3.8) is 0 Å². The van der Waals surface area contributed by atoms with E-state index in [0.717, 1.165) is 13.7 Å². The Labute approximate surface area is 138 Å². The number of nitrogens with one attached hydrogen (secondary N) is 1. The summed E-state index contributed by atoms with van der Waals surface area (Å²) in [4.78, 5) is 0. The van der Waals surface area contributed by atoms with Gasteiger partial charge in [-0.05, 0) is 57.8 Å². The fourth-order valence-corrected chi connectivity index (χ4v) is 3.38. The average Bonchev–Trinajstić information content (AvgIpc) is 2.84. The van der Waals surface area contributed by atoms with E-state index in [-0.39, 0.29) is 23.8 Å². The van der Waals surface area contributed by atoms with Crippen LogP contribution in [-0.2, 0) is 9.47 Å². The van der Waals surface area contributed by atoms with Crippen molar-refractivity contribution in [3.8, 4) is 0 Å². The normalized spacial score (nSPS) is 26.3. The van der Waals surface area contributed by atoms with E-state index in [1.807, 2.05) is 7.05 Å². The second kappa shape index (κ2) is 7.28. The van der Waals surface area contributed by atoms with Crippen LogP contribution in [0, 0.1) is 11.6 Å². The molecule has 0 unspecified atom stereocenters. The highest BCUT2D eigenvalue weighted by atomic mass is 19.2. The van der Waals surface area contributed by atoms with Gasteiger partial charge in [0.05, 0.1) is 18.2 Å². The molecule has 0 amide bonds. The van der Waals surface area contributed by atoms with Crippen molar-refractivity contribution in [1.82, 2.24) is 5.32 Å². The largest absolute Gasteiger partial charge is 0.388 e. The predicted molar refractivity (Wildman–Crippen MR) is 89.1 cm³/mol. The van der Waals surface area contributed by atoms with Crippen molar-refractivity contribution >= 4 is 7.28 Å². The molecule has 0 aliphatic carbocycles. The summed E-state index contributed by atoms with van der Waals surface area (Å²) >= 11 is 0. The molecule has 1 aromatic carbocycles. The van der Waals surface area contributed by atoms with Crippen LogP contribution in [0.1, 0.15) is 38.8 Å². The number of hydrogen-bond acceptors (Lipinski definition) is 3. The molecular weight excluding hydrogens is 299 g/mol. The van der Waals surface area contributed by atoms with Crippen LogP contribution < -0.4 is 5.32 Å². The molecule has 3 nitrogen and oxygen atoms in total. The van der Waals surface area contributed by atoms with Crippen molar-refractivity contribution in [2.24, 2.45) is 0 Å². The van der Waals surface area contributed by atoms with Crippen molar-refractivity contribution < 1.29 is 18.3 Å². The van der Waals surface area contributed by atoms with Crippen molar-refractivity contribution in [2.45, 2.75) is 56.8 Å². The molecule has 6 heteroatoms. The Morgan fingerprint density at radius 2 is 2.04 bits per heavy atom. The van der Waals surface area contributed by atoms with Gasteiger partial charge in [0.25, 0.3) is 0 Å². The second-order valence-electron chi connectivity index (χ2n) is 6.98. The Kier molecular flexibility index (Phi) is 5.81. The minimum absolute atomic E-state index is 0.0717. The van der Waals surface area contributed by atoms with Gasteiger partial charge in [-0.3, -0.25) is 0 Å². The van der Waals surface area contributed by atoms with E-state index in [4.69, 9.17) is 9.47 Å². The first-order valence-corrected chi connectivity index (χ1v) is 8.10. The molecule has 1 heterocycles. The number of halogens is 2. The lowest BCUT2D eigenvalue weighted by Crippen LogP contribution is -2.35. The molecule has 4 atom stereocenters. The maximum Gasteiger partial charge on any atom is 0.167 e. The number of rotatable bonds is 6. The molecule has 128 valence electrons. The summed E-state index contributed by atoms with van der Waals surface area (Å²) in [6.45, 7) is 6.20. The summed E-state index contributed by atoms with van der Waals surface area (Å²) in [5, 5.41) is 3.18. The Bertz CT molecular complexity index is 541. The number of benzene rings is 1. The van der Waals surface area contributed by atoms with E-state index in [2.05, 4.69) is 26.1 Å². The highest BCUT2D eigenvalue weighted by molar-refractivity contribution is 6.41. The number of likely N-dealkylation sites (N-methyl/N-ethyl adjacent to an activating group) is 1. The molecule has 0 spiro atoms. The predicted octanol–water partition coefficient (Wildman–Crippen LogP) is 3.01. The zero-order chi connectivity index (χ0) is 17.2. The Morgan fingerprint density at radius 3 is 2.61 bits per heavy atom. The van der Waals surface area contributed by atoms with Crippen LogP contribution in [0.15, 0.2) is 18.2 Å². The zero-order valence-corrected chi connectivity index (χ0v) is 14.5. The minimum atomic E-state index is -0.830. The summed E-state index contributed by atoms with van der Waals surface area (Å²) in [7, 11) is 4.43. The van der Waals surface area contributed by atoms with Crippen molar-refractivity contribution in [3.05, 3.63) is 35.4 Å². The number of methoxy groups -OCH3 is 1. The van der Waals surface area contributed by atoms with Gasteiger partial charge < -0.3 is 14.8 Å². The first-order chi connectivity index (χ1) is 10.8. The molecule has 0 radical (unpaired) electrons. The van der Waals surface area contributed by atoms with E-state index in [1.54, 1.807) is 13.2 Å². The first-order valence-electron chi connectivity index (χ1n) is 8.10. The standard InChI is InChI=1S/C17H26BF2NO2/c1-10-12(18-17(2,3)22-5)9-15(23-10)16(21-4)11-6-7-13(19)14(20)8-11/h6-8,10,12,15-16,18,21H,9H2,1-5H3/t10-,12+,15-,16+/m0/s1. The number of ether oxygens (including phenoxy) is 2. The smallest absolute Gasteiger partial charge is 0.167 e. The molecule has 0 saturated carbocycles. The Hall–Kier alpha value is -0.975. The fourth-order valence-electron chi connectivity index (χ4n) is 3.38. The van der Waals surface area contributed by atoms with E-state index < -0.39 is 11.6 Å². The maximum atomic E-state index is 13.5. The van der Waals surface area contributed by atoms with E-state index in [1.165, 1.54) is 12.1 Å². The Morgan fingerprint density at radius 1 is 1.35 bits per heavy atom. The van der Waals surface area contributed by atoms with Gasteiger partial charge in [0.2, 0.25) is 0 Å². The summed E-state index contributed by atoms with van der Waals surface area (Å²) < 4.78 is 38.3. The fraction of sp³-hybridized carbons (Fsp3) is 0.647. The third-order valence-electron chi connectivity index (χ3n) is 4.88. The SMILES string of the molecule is CN[C@H](c1ccc(F)c(F)c1)[C@@H]1C[C@@H](BC(C)(C)OC)[C@H](C)O1. The molecule has 1 aromatic rings. The zero-order valence-electron chi connectivity index (χ0n) is 14.5. The number of hydrogen-bond donors (Lipinski definition) is 1. The van der Waals surface area contributed by atoms with Crippen molar-refractivity contribution in [2.75, 3.05) is 14.2 Å². The quantitative estimate of drug-likeness (QED) is 0.816. The average molecular weight is 325 g/mol. The molecular formula is C17H26BF2NO2. The molecule has 1 aliphatic rings. The van der Waals surface area contributed by atoms with Crippen LogP contribution >= 0.6 is 0 Å². The van der Waals surface area contributed by atoms with Gasteiger partial charge in [0, 0.05) is 12.6 Å². The summed E-state index contributed by atoms with van der Waals surface area (Å²) in [5.74, 6) is -1.29. The van der Waals surface area contributed by atoms with Crippen molar-refractivity contribution in [1.29, 1.82) is 0 Å². The highest BCUT2D eigenvalue weighted by Crippen LogP contribution is 2.38. The van der Waals surface area contributed by atoms with Crippen LogP contribution in [0.5, 0.6) is 0 Å². The molecule has 1 aliphatic heterocycles. The summed E-state index contributed by atoms with van der Waals surface area (Å²) in [5.41, 5.74) is 0.504. The minimum Gasteiger partial charge on any atom is -0.388 e. The molecule has 0 bridgehead atoms. The molecule has 1 saturated heterocycles. The molecule has 1 N–H and O–H groups in total. The van der Waals surface area contributed by atoms with Gasteiger partial charge >= 0.3 is 0 Å². The third kappa shape index (κ3) is 4.31. The van der Waals surface area contributed by atoms with Crippen LogP contribution in [0.2, 0.25) is 5.82 Å². The summed E-state index contributed by atoms with van der Waals surface area (Å²) in [6, 6.07) is 3.86. The second-order valence-corrected chi connectivity index (χ2v) is 6.98. The van der Waals surface area contributed by atoms with Gasteiger partial charge in [-0.15, -0.1) is 0 Å². The summed E-state index contributed by atoms with van der Waals surface area (Å²) in [6.07, 6.45) is 0.895. The Balaban J connectivity index is 2.12. The van der Waals surface area contributed by atoms with Crippen LogP contribution in [0.25, 0.3) is 0 Å². The molecule has 2 rings (SSSR count). The lowest BCUT2D eigenvalue weighted by molar-refractivity contribution is 0.0322. The topological polar surface area (TPSA) is 30.5 Å². The van der Waals surface area contributed by atoms with E-state index in [0.29, 0.717) is 11.4 Å². The molecule has 0 aromatic heterocycles. The van der Waals surface area contributed by atoms with Gasteiger partial charge in [-0.25, -0.2) is 8.78 Å². The van der Waals surface area contributed by atoms with Gasteiger partial charge in [0.15, 0.2) is 18.9 Å². The lowest BCUT2D eigenvalue weighted by atomic mass is 9.51. The van der Waals surface area contributed by atoms with Crippen LogP contribution in [-0.4, -0.2) is 39.1 Å². The maximum absolute atomic E-state index is 13.5.